The van der Waals surface area contributed by atoms with Crippen LogP contribution >= 0.6 is 0 Å². The molecule has 0 saturated carbocycles. The van der Waals surface area contributed by atoms with Crippen molar-refractivity contribution in [1.29, 1.82) is 0 Å². The molecule has 2 fully saturated rings. The van der Waals surface area contributed by atoms with Gasteiger partial charge in [-0.05, 0) is 42.3 Å². The van der Waals surface area contributed by atoms with E-state index in [-0.39, 0.29) is 35.8 Å². The molecular weight excluding hydrogens is 598 g/mol. The number of benzene rings is 2. The summed E-state index contributed by atoms with van der Waals surface area (Å²) >= 11 is 0. The van der Waals surface area contributed by atoms with E-state index in [0.717, 1.165) is 16.7 Å². The van der Waals surface area contributed by atoms with E-state index < -0.39 is 6.61 Å². The number of ether oxygens (including phenoxy) is 1. The van der Waals surface area contributed by atoms with Gasteiger partial charge in [-0.15, -0.1) is 0 Å². The summed E-state index contributed by atoms with van der Waals surface area (Å²) in [6.45, 7) is 3.99. The molecule has 0 spiro atoms. The van der Waals surface area contributed by atoms with Crippen molar-refractivity contribution in [3.63, 3.8) is 0 Å². The van der Waals surface area contributed by atoms with Gasteiger partial charge in [0.1, 0.15) is 5.75 Å². The van der Waals surface area contributed by atoms with Gasteiger partial charge < -0.3 is 24.3 Å². The van der Waals surface area contributed by atoms with Crippen LogP contribution in [-0.4, -0.2) is 98.4 Å². The summed E-state index contributed by atoms with van der Waals surface area (Å²) in [5.74, 6) is 0.622. The molecule has 1 atom stereocenters. The van der Waals surface area contributed by atoms with Crippen molar-refractivity contribution in [2.45, 2.75) is 39.6 Å². The van der Waals surface area contributed by atoms with Crippen LogP contribution in [0.5, 0.6) is 5.75 Å². The number of likely N-dealkylation sites (N-methyl/N-ethyl adjacent to an activating group) is 1. The molecule has 12 nitrogen and oxygen atoms in total. The van der Waals surface area contributed by atoms with Gasteiger partial charge in [0.25, 0.3) is 5.56 Å². The first-order valence-corrected chi connectivity index (χ1v) is 15.1. The molecule has 2 saturated heterocycles. The monoisotopic (exact) mass is 634 g/mol. The fourth-order valence-corrected chi connectivity index (χ4v) is 6.28. The zero-order chi connectivity index (χ0) is 32.7. The minimum absolute atomic E-state index is 0.00323. The summed E-state index contributed by atoms with van der Waals surface area (Å²) < 4.78 is 34.8. The SMILES string of the molecule is CC(=O)N1CCN(c2ncc(-c3ccc4c(=O)n(C)n(Cc5cc(CN6CCN(C)C6=O)ccc5OC(F)F)c4c3)cn2)C[C@H]1C. The van der Waals surface area contributed by atoms with Gasteiger partial charge in [-0.25, -0.2) is 14.8 Å². The number of nitrogens with zero attached hydrogens (tertiary/aromatic N) is 8. The second-order valence-electron chi connectivity index (χ2n) is 11.8. The average Bonchev–Trinajstić information content (AvgIpc) is 3.47. The van der Waals surface area contributed by atoms with Gasteiger partial charge in [0.05, 0.1) is 17.4 Å². The average molecular weight is 635 g/mol. The summed E-state index contributed by atoms with van der Waals surface area (Å²) in [5, 5.41) is 0.472. The number of anilines is 1. The van der Waals surface area contributed by atoms with E-state index in [9.17, 15) is 23.2 Å². The topological polar surface area (TPSA) is 109 Å². The van der Waals surface area contributed by atoms with E-state index >= 15 is 0 Å². The summed E-state index contributed by atoms with van der Waals surface area (Å²) in [7, 11) is 3.36. The molecule has 0 N–H and O–H groups in total. The van der Waals surface area contributed by atoms with Crippen LogP contribution in [0.15, 0.2) is 53.6 Å². The van der Waals surface area contributed by atoms with Crippen molar-refractivity contribution < 1.29 is 23.1 Å². The summed E-state index contributed by atoms with van der Waals surface area (Å²) in [6, 6.07) is 10.3. The Morgan fingerprint density at radius 3 is 2.39 bits per heavy atom. The van der Waals surface area contributed by atoms with Gasteiger partial charge in [0.15, 0.2) is 0 Å². The quantitative estimate of drug-likeness (QED) is 0.293. The number of piperazine rings is 1. The summed E-state index contributed by atoms with van der Waals surface area (Å²) in [5.41, 5.74) is 3.10. The molecule has 2 aliphatic heterocycles. The number of fused-ring (bicyclic) bond motifs is 1. The molecule has 2 aromatic heterocycles. The number of amides is 3. The Hall–Kier alpha value is -5.01. The maximum Gasteiger partial charge on any atom is 0.387 e. The van der Waals surface area contributed by atoms with Crippen molar-refractivity contribution in [3.05, 3.63) is 70.3 Å². The Bertz CT molecular complexity index is 1840. The highest BCUT2D eigenvalue weighted by molar-refractivity contribution is 5.84. The largest absolute Gasteiger partial charge is 0.434 e. The Balaban J connectivity index is 1.29. The van der Waals surface area contributed by atoms with E-state index in [1.54, 1.807) is 66.1 Å². The number of aromatic nitrogens is 4. The molecule has 3 amide bonds. The second kappa shape index (κ2) is 12.4. The van der Waals surface area contributed by atoms with Crippen LogP contribution < -0.4 is 15.2 Å². The van der Waals surface area contributed by atoms with Gasteiger partial charge in [-0.3, -0.25) is 19.0 Å². The lowest BCUT2D eigenvalue weighted by molar-refractivity contribution is -0.131. The van der Waals surface area contributed by atoms with E-state index in [1.807, 2.05) is 24.0 Å². The lowest BCUT2D eigenvalue weighted by Crippen LogP contribution is -2.53. The number of rotatable bonds is 8. The minimum Gasteiger partial charge on any atom is -0.434 e. The molecule has 242 valence electrons. The van der Waals surface area contributed by atoms with Crippen molar-refractivity contribution in [3.8, 4) is 16.9 Å². The maximum atomic E-state index is 13.4. The number of urea groups is 1. The molecule has 2 aromatic carbocycles. The number of halogens is 2. The fourth-order valence-electron chi connectivity index (χ4n) is 6.28. The minimum atomic E-state index is -3.03. The van der Waals surface area contributed by atoms with Crippen LogP contribution in [0.3, 0.4) is 0 Å². The van der Waals surface area contributed by atoms with Crippen LogP contribution in [0.25, 0.3) is 22.0 Å². The molecular formula is C32H36F2N8O4. The Labute approximate surface area is 264 Å². The number of carbonyl (C=O) groups is 2. The highest BCUT2D eigenvalue weighted by Crippen LogP contribution is 2.28. The highest BCUT2D eigenvalue weighted by atomic mass is 19.3. The van der Waals surface area contributed by atoms with E-state index in [4.69, 9.17) is 4.74 Å². The number of hydrogen-bond donors (Lipinski definition) is 0. The van der Waals surface area contributed by atoms with E-state index in [1.165, 1.54) is 10.7 Å². The molecule has 6 rings (SSSR count). The third-order valence-corrected chi connectivity index (χ3v) is 8.79. The van der Waals surface area contributed by atoms with Crippen molar-refractivity contribution in [2.75, 3.05) is 44.7 Å². The third-order valence-electron chi connectivity index (χ3n) is 8.79. The lowest BCUT2D eigenvalue weighted by Gasteiger charge is -2.39. The zero-order valence-electron chi connectivity index (χ0n) is 26.2. The third kappa shape index (κ3) is 5.98. The smallest absolute Gasteiger partial charge is 0.387 e. The van der Waals surface area contributed by atoms with Gasteiger partial charge >= 0.3 is 12.6 Å². The first kappa shape index (κ1) is 31.0. The molecule has 0 aliphatic carbocycles. The van der Waals surface area contributed by atoms with Gasteiger partial charge in [-0.2, -0.15) is 8.78 Å². The first-order chi connectivity index (χ1) is 22.0. The number of alkyl halides is 2. The predicted molar refractivity (Wildman–Crippen MR) is 168 cm³/mol. The van der Waals surface area contributed by atoms with Crippen LogP contribution in [-0.2, 0) is 24.9 Å². The van der Waals surface area contributed by atoms with Crippen LogP contribution in [0.4, 0.5) is 19.5 Å². The zero-order valence-corrected chi connectivity index (χ0v) is 26.2. The lowest BCUT2D eigenvalue weighted by atomic mass is 10.1. The number of carbonyl (C=O) groups excluding carboxylic acids is 2. The van der Waals surface area contributed by atoms with Crippen molar-refractivity contribution in [1.82, 2.24) is 34.0 Å². The van der Waals surface area contributed by atoms with Crippen LogP contribution in [0.1, 0.15) is 25.0 Å². The van der Waals surface area contributed by atoms with E-state index in [0.29, 0.717) is 61.7 Å². The highest BCUT2D eigenvalue weighted by Gasteiger charge is 2.27. The molecule has 46 heavy (non-hydrogen) atoms. The van der Waals surface area contributed by atoms with Crippen LogP contribution in [0.2, 0.25) is 0 Å². The summed E-state index contributed by atoms with van der Waals surface area (Å²) in [4.78, 5) is 53.9. The molecule has 2 aliphatic rings. The van der Waals surface area contributed by atoms with Gasteiger partial charge in [0, 0.05) is 89.9 Å². The van der Waals surface area contributed by atoms with E-state index in [2.05, 4.69) is 14.9 Å². The molecule has 14 heteroatoms. The molecule has 0 radical (unpaired) electrons. The van der Waals surface area contributed by atoms with Gasteiger partial charge in [-0.1, -0.05) is 12.1 Å². The number of hydrogen-bond acceptors (Lipinski definition) is 7. The first-order valence-electron chi connectivity index (χ1n) is 15.1. The Kier molecular flexibility index (Phi) is 8.36. The van der Waals surface area contributed by atoms with Crippen molar-refractivity contribution in [2.24, 2.45) is 7.05 Å². The van der Waals surface area contributed by atoms with Crippen LogP contribution in [0, 0.1) is 0 Å². The Morgan fingerprint density at radius 2 is 1.74 bits per heavy atom. The molecule has 0 unspecified atom stereocenters. The van der Waals surface area contributed by atoms with Crippen molar-refractivity contribution >= 4 is 28.8 Å². The van der Waals surface area contributed by atoms with Gasteiger partial charge in [0.2, 0.25) is 11.9 Å². The normalized spacial score (nSPS) is 17.1. The molecule has 4 heterocycles. The second-order valence-corrected chi connectivity index (χ2v) is 11.8. The fraction of sp³-hybridized carbons (Fsp3) is 0.406. The molecule has 4 aromatic rings. The summed E-state index contributed by atoms with van der Waals surface area (Å²) in [6.07, 6.45) is 3.46. The predicted octanol–water partition coefficient (Wildman–Crippen LogP) is 3.37. The molecule has 0 bridgehead atoms. The Morgan fingerprint density at radius 1 is 0.978 bits per heavy atom. The standard InChI is InChI=1S/C32H36F2N8O4/c1-20-17-39(11-12-41(20)21(2)43)31-35-15-25(16-36-31)23-6-7-26-27(14-23)42(38(4)29(26)44)19-24-13-22(5-8-28(24)46-30(33)34)18-40-10-9-37(3)32(40)45/h5-8,13-16,20,30H,9-12,17-19H2,1-4H3/t20-/m1/s1. The maximum absolute atomic E-state index is 13.4.